The quantitative estimate of drug-likeness (QED) is 0.620. The second-order valence-electron chi connectivity index (χ2n) is 4.40. The van der Waals surface area contributed by atoms with Crippen LogP contribution in [0.4, 0.5) is 0 Å². The number of hydrogen-bond donors (Lipinski definition) is 1. The van der Waals surface area contributed by atoms with E-state index in [0.29, 0.717) is 6.61 Å². The smallest absolute Gasteiger partial charge is 0.0655 e. The number of fused-ring (bicyclic) bond motifs is 3. The second kappa shape index (κ2) is 2.20. The zero-order chi connectivity index (χ0) is 7.95. The molecule has 2 aliphatic heterocycles. The van der Waals surface area contributed by atoms with Crippen LogP contribution in [-0.2, 0) is 4.74 Å². The van der Waals surface area contributed by atoms with Crippen molar-refractivity contribution in [3.63, 3.8) is 0 Å². The highest BCUT2D eigenvalue weighted by atomic mass is 16.5. The lowest BCUT2D eigenvalue weighted by molar-refractivity contribution is -0.184. The Labute approximate surface area is 67.6 Å². The first-order chi connectivity index (χ1) is 5.18. The summed E-state index contributed by atoms with van der Waals surface area (Å²) in [7, 11) is 0. The third-order valence-corrected chi connectivity index (χ3v) is 3.43. The molecule has 2 heteroatoms. The zero-order valence-electron chi connectivity index (χ0n) is 7.10. The minimum atomic E-state index is 0.137. The van der Waals surface area contributed by atoms with Crippen LogP contribution >= 0.6 is 0 Å². The molecule has 1 aliphatic carbocycles. The van der Waals surface area contributed by atoms with Crippen LogP contribution in [0.25, 0.3) is 0 Å². The largest absolute Gasteiger partial charge is 0.396 e. The Bertz CT molecular complexity index is 140. The lowest BCUT2D eigenvalue weighted by atomic mass is 9.67. The maximum Gasteiger partial charge on any atom is 0.0655 e. The summed E-state index contributed by atoms with van der Waals surface area (Å²) in [6.45, 7) is 3.27. The maximum atomic E-state index is 9.17. The SMILES string of the molecule is CC12CCC(CO)(CC1)CO2. The first kappa shape index (κ1) is 7.56. The van der Waals surface area contributed by atoms with Crippen molar-refractivity contribution in [1.82, 2.24) is 0 Å². The van der Waals surface area contributed by atoms with E-state index >= 15 is 0 Å². The molecule has 11 heavy (non-hydrogen) atoms. The van der Waals surface area contributed by atoms with E-state index in [1.54, 1.807) is 0 Å². The first-order valence-corrected chi connectivity index (χ1v) is 4.43. The van der Waals surface area contributed by atoms with Crippen LogP contribution in [0.5, 0.6) is 0 Å². The van der Waals surface area contributed by atoms with Crippen molar-refractivity contribution in [3.8, 4) is 0 Å². The topological polar surface area (TPSA) is 29.5 Å². The molecule has 0 atom stereocenters. The normalized spacial score (nSPS) is 49.6. The molecule has 2 nitrogen and oxygen atoms in total. The number of rotatable bonds is 1. The molecule has 3 fully saturated rings. The van der Waals surface area contributed by atoms with Crippen molar-refractivity contribution in [2.24, 2.45) is 5.41 Å². The fourth-order valence-electron chi connectivity index (χ4n) is 2.13. The highest BCUT2D eigenvalue weighted by molar-refractivity contribution is 4.96. The number of aliphatic hydroxyl groups excluding tert-OH is 1. The monoisotopic (exact) mass is 156 g/mol. The van der Waals surface area contributed by atoms with Gasteiger partial charge in [-0.2, -0.15) is 0 Å². The van der Waals surface area contributed by atoms with Gasteiger partial charge >= 0.3 is 0 Å². The van der Waals surface area contributed by atoms with E-state index in [1.165, 1.54) is 0 Å². The molecule has 0 aromatic rings. The van der Waals surface area contributed by atoms with Crippen molar-refractivity contribution < 1.29 is 9.84 Å². The summed E-state index contributed by atoms with van der Waals surface area (Å²) >= 11 is 0. The Kier molecular flexibility index (Phi) is 1.52. The molecular weight excluding hydrogens is 140 g/mol. The highest BCUT2D eigenvalue weighted by Crippen LogP contribution is 2.48. The Balaban J connectivity index is 2.12. The van der Waals surface area contributed by atoms with Crippen LogP contribution in [0.2, 0.25) is 0 Å². The third kappa shape index (κ3) is 1.09. The van der Waals surface area contributed by atoms with Gasteiger partial charge in [-0.1, -0.05) is 0 Å². The van der Waals surface area contributed by atoms with Gasteiger partial charge in [0, 0.05) is 5.41 Å². The lowest BCUT2D eigenvalue weighted by Gasteiger charge is -2.51. The van der Waals surface area contributed by atoms with E-state index < -0.39 is 0 Å². The van der Waals surface area contributed by atoms with Crippen LogP contribution < -0.4 is 0 Å². The predicted molar refractivity (Wildman–Crippen MR) is 42.3 cm³/mol. The predicted octanol–water partition coefficient (Wildman–Crippen LogP) is 1.33. The van der Waals surface area contributed by atoms with Gasteiger partial charge in [-0.15, -0.1) is 0 Å². The van der Waals surface area contributed by atoms with Crippen molar-refractivity contribution >= 4 is 0 Å². The Morgan fingerprint density at radius 1 is 1.27 bits per heavy atom. The zero-order valence-corrected chi connectivity index (χ0v) is 7.10. The molecular formula is C9H16O2. The van der Waals surface area contributed by atoms with E-state index in [-0.39, 0.29) is 11.0 Å². The Morgan fingerprint density at radius 2 is 1.91 bits per heavy atom. The minimum Gasteiger partial charge on any atom is -0.396 e. The molecule has 0 aromatic carbocycles. The van der Waals surface area contributed by atoms with Crippen molar-refractivity contribution in [3.05, 3.63) is 0 Å². The summed E-state index contributed by atoms with van der Waals surface area (Å²) in [5.74, 6) is 0. The van der Waals surface area contributed by atoms with Gasteiger partial charge in [0.2, 0.25) is 0 Å². The Hall–Kier alpha value is -0.0800. The molecule has 1 N–H and O–H groups in total. The van der Waals surface area contributed by atoms with Gasteiger partial charge in [0.05, 0.1) is 18.8 Å². The molecule has 0 radical (unpaired) electrons. The van der Waals surface area contributed by atoms with Crippen molar-refractivity contribution in [2.45, 2.75) is 38.2 Å². The highest BCUT2D eigenvalue weighted by Gasteiger charge is 2.46. The van der Waals surface area contributed by atoms with Gasteiger partial charge < -0.3 is 9.84 Å². The summed E-state index contributed by atoms with van der Waals surface area (Å²) in [6.07, 6.45) is 4.57. The standard InChI is InChI=1S/C9H16O2/c1-8-2-4-9(6-10,5-3-8)7-11-8/h10H,2-7H2,1H3. The molecule has 0 spiro atoms. The van der Waals surface area contributed by atoms with Crippen LogP contribution in [0.15, 0.2) is 0 Å². The number of ether oxygens (including phenoxy) is 1. The molecule has 0 amide bonds. The van der Waals surface area contributed by atoms with Crippen LogP contribution in [0.1, 0.15) is 32.6 Å². The van der Waals surface area contributed by atoms with Crippen LogP contribution in [-0.4, -0.2) is 23.9 Å². The van der Waals surface area contributed by atoms with E-state index in [1.807, 2.05) is 0 Å². The third-order valence-electron chi connectivity index (χ3n) is 3.43. The minimum absolute atomic E-state index is 0.137. The fraction of sp³-hybridized carbons (Fsp3) is 1.00. The molecule has 64 valence electrons. The van der Waals surface area contributed by atoms with Gasteiger partial charge in [-0.3, -0.25) is 0 Å². The summed E-state index contributed by atoms with van der Waals surface area (Å²) < 4.78 is 5.70. The molecule has 0 aromatic heterocycles. The van der Waals surface area contributed by atoms with Gasteiger partial charge in [0.1, 0.15) is 0 Å². The van der Waals surface area contributed by atoms with E-state index in [0.717, 1.165) is 32.3 Å². The summed E-state index contributed by atoms with van der Waals surface area (Å²) in [5, 5.41) is 9.17. The first-order valence-electron chi connectivity index (χ1n) is 4.43. The van der Waals surface area contributed by atoms with Gasteiger partial charge in [0.25, 0.3) is 0 Å². The average molecular weight is 156 g/mol. The molecule has 3 aliphatic rings. The molecule has 1 saturated carbocycles. The fourth-order valence-corrected chi connectivity index (χ4v) is 2.13. The van der Waals surface area contributed by atoms with E-state index in [2.05, 4.69) is 6.92 Å². The lowest BCUT2D eigenvalue weighted by Crippen LogP contribution is -2.50. The maximum absolute atomic E-state index is 9.17. The molecule has 2 bridgehead atoms. The van der Waals surface area contributed by atoms with Crippen molar-refractivity contribution in [1.29, 1.82) is 0 Å². The van der Waals surface area contributed by atoms with Gasteiger partial charge in [0.15, 0.2) is 0 Å². The molecule has 3 rings (SSSR count). The molecule has 2 saturated heterocycles. The van der Waals surface area contributed by atoms with Gasteiger partial charge in [-0.25, -0.2) is 0 Å². The number of hydrogen-bond acceptors (Lipinski definition) is 2. The Morgan fingerprint density at radius 3 is 2.27 bits per heavy atom. The van der Waals surface area contributed by atoms with Crippen LogP contribution in [0.3, 0.4) is 0 Å². The summed E-state index contributed by atoms with van der Waals surface area (Å²) in [5.41, 5.74) is 0.286. The van der Waals surface area contributed by atoms with Crippen molar-refractivity contribution in [2.75, 3.05) is 13.2 Å². The molecule has 2 heterocycles. The van der Waals surface area contributed by atoms with E-state index in [9.17, 15) is 5.11 Å². The average Bonchev–Trinajstić information content (AvgIpc) is 2.07. The van der Waals surface area contributed by atoms with Gasteiger partial charge in [-0.05, 0) is 32.6 Å². The van der Waals surface area contributed by atoms with E-state index in [4.69, 9.17) is 4.74 Å². The molecule has 0 unspecified atom stereocenters. The summed E-state index contributed by atoms with van der Waals surface area (Å²) in [6, 6.07) is 0. The summed E-state index contributed by atoms with van der Waals surface area (Å²) in [4.78, 5) is 0. The number of aliphatic hydroxyl groups is 1. The van der Waals surface area contributed by atoms with Crippen LogP contribution in [0, 0.1) is 5.41 Å². The second-order valence-corrected chi connectivity index (χ2v) is 4.40.